The summed E-state index contributed by atoms with van der Waals surface area (Å²) < 4.78 is 5.29. The fourth-order valence-corrected chi connectivity index (χ4v) is 2.04. The minimum absolute atomic E-state index is 0.254. The number of rotatable bonds is 6. The standard InChI is InChI=1S/C14H26O4/c1-7-9-14(11(15)16,13(4,5)6)12(17)18-10(3)8-2/h10H,7-9H2,1-6H3,(H,15,16). The van der Waals surface area contributed by atoms with Gasteiger partial charge in [0.2, 0.25) is 0 Å². The van der Waals surface area contributed by atoms with Gasteiger partial charge in [-0.2, -0.15) is 0 Å². The van der Waals surface area contributed by atoms with E-state index >= 15 is 0 Å². The molecule has 0 radical (unpaired) electrons. The first kappa shape index (κ1) is 16.9. The summed E-state index contributed by atoms with van der Waals surface area (Å²) in [4.78, 5) is 24.0. The van der Waals surface area contributed by atoms with Crippen molar-refractivity contribution >= 4 is 11.9 Å². The lowest BCUT2D eigenvalue weighted by atomic mass is 9.64. The van der Waals surface area contributed by atoms with Gasteiger partial charge in [-0.15, -0.1) is 0 Å². The Morgan fingerprint density at radius 3 is 2.00 bits per heavy atom. The Hall–Kier alpha value is -1.06. The van der Waals surface area contributed by atoms with Crippen LogP contribution in [0.4, 0.5) is 0 Å². The van der Waals surface area contributed by atoms with Crippen LogP contribution in [0.15, 0.2) is 0 Å². The molecule has 18 heavy (non-hydrogen) atoms. The molecular weight excluding hydrogens is 232 g/mol. The molecule has 0 aliphatic heterocycles. The fraction of sp³-hybridized carbons (Fsp3) is 0.857. The van der Waals surface area contributed by atoms with E-state index in [1.165, 1.54) is 0 Å². The van der Waals surface area contributed by atoms with E-state index in [2.05, 4.69) is 0 Å². The summed E-state index contributed by atoms with van der Waals surface area (Å²) in [5.41, 5.74) is -2.15. The summed E-state index contributed by atoms with van der Waals surface area (Å²) in [7, 11) is 0. The molecule has 0 fully saturated rings. The van der Waals surface area contributed by atoms with Gasteiger partial charge in [0.25, 0.3) is 0 Å². The number of hydrogen-bond donors (Lipinski definition) is 1. The lowest BCUT2D eigenvalue weighted by Gasteiger charge is -2.39. The topological polar surface area (TPSA) is 63.6 Å². The van der Waals surface area contributed by atoms with Gasteiger partial charge >= 0.3 is 11.9 Å². The zero-order chi connectivity index (χ0) is 14.6. The van der Waals surface area contributed by atoms with E-state index < -0.39 is 22.8 Å². The molecule has 0 saturated carbocycles. The minimum Gasteiger partial charge on any atom is -0.480 e. The zero-order valence-electron chi connectivity index (χ0n) is 12.4. The van der Waals surface area contributed by atoms with Gasteiger partial charge < -0.3 is 9.84 Å². The van der Waals surface area contributed by atoms with Gasteiger partial charge in [-0.1, -0.05) is 41.0 Å². The molecular formula is C14H26O4. The number of carboxylic acid groups (broad SMARTS) is 1. The lowest BCUT2D eigenvalue weighted by molar-refractivity contribution is -0.182. The van der Waals surface area contributed by atoms with Crippen molar-refractivity contribution in [2.24, 2.45) is 10.8 Å². The summed E-state index contributed by atoms with van der Waals surface area (Å²) in [6.45, 7) is 10.9. The van der Waals surface area contributed by atoms with Crippen LogP contribution in [0.1, 0.15) is 60.8 Å². The van der Waals surface area contributed by atoms with Crippen molar-refractivity contribution in [2.75, 3.05) is 0 Å². The summed E-state index contributed by atoms with van der Waals surface area (Å²) in [6.07, 6.45) is 1.34. The Morgan fingerprint density at radius 2 is 1.72 bits per heavy atom. The smallest absolute Gasteiger partial charge is 0.324 e. The average molecular weight is 258 g/mol. The van der Waals surface area contributed by atoms with Gasteiger partial charge in [-0.3, -0.25) is 9.59 Å². The molecule has 0 aliphatic carbocycles. The monoisotopic (exact) mass is 258 g/mol. The summed E-state index contributed by atoms with van der Waals surface area (Å²) in [6, 6.07) is 0. The highest BCUT2D eigenvalue weighted by Crippen LogP contribution is 2.44. The molecule has 1 N–H and O–H groups in total. The Labute approximate surface area is 110 Å². The first-order chi connectivity index (χ1) is 8.13. The minimum atomic E-state index is -1.47. The summed E-state index contributed by atoms with van der Waals surface area (Å²) in [5.74, 6) is -1.70. The molecule has 106 valence electrons. The van der Waals surface area contributed by atoms with E-state index in [1.54, 1.807) is 27.7 Å². The number of hydrogen-bond acceptors (Lipinski definition) is 3. The van der Waals surface area contributed by atoms with Crippen LogP contribution in [-0.4, -0.2) is 23.1 Å². The molecule has 0 bridgehead atoms. The second kappa shape index (κ2) is 6.21. The molecule has 0 aliphatic rings. The molecule has 2 atom stereocenters. The maximum absolute atomic E-state index is 12.3. The zero-order valence-corrected chi connectivity index (χ0v) is 12.4. The Bertz CT molecular complexity index is 303. The van der Waals surface area contributed by atoms with Gasteiger partial charge in [0, 0.05) is 0 Å². The van der Waals surface area contributed by atoms with Crippen molar-refractivity contribution in [3.63, 3.8) is 0 Å². The molecule has 0 heterocycles. The number of carboxylic acids is 1. The second-order valence-corrected chi connectivity index (χ2v) is 5.83. The van der Waals surface area contributed by atoms with Gasteiger partial charge in [0.1, 0.15) is 0 Å². The van der Waals surface area contributed by atoms with Crippen molar-refractivity contribution < 1.29 is 19.4 Å². The molecule has 0 spiro atoms. The molecule has 0 aromatic rings. The maximum Gasteiger partial charge on any atom is 0.324 e. The molecule has 2 unspecified atom stereocenters. The van der Waals surface area contributed by atoms with Crippen molar-refractivity contribution in [3.8, 4) is 0 Å². The Kier molecular flexibility index (Phi) is 5.84. The average Bonchev–Trinajstić information content (AvgIpc) is 2.22. The van der Waals surface area contributed by atoms with E-state index in [0.717, 1.165) is 0 Å². The van der Waals surface area contributed by atoms with Crippen LogP contribution in [0.2, 0.25) is 0 Å². The van der Waals surface area contributed by atoms with Crippen LogP contribution >= 0.6 is 0 Å². The van der Waals surface area contributed by atoms with Crippen LogP contribution in [0.25, 0.3) is 0 Å². The number of carbonyl (C=O) groups is 2. The van der Waals surface area contributed by atoms with Crippen LogP contribution < -0.4 is 0 Å². The number of carbonyl (C=O) groups excluding carboxylic acids is 1. The Morgan fingerprint density at radius 1 is 1.22 bits per heavy atom. The number of esters is 1. The molecule has 0 amide bonds. The van der Waals surface area contributed by atoms with Crippen LogP contribution in [0.5, 0.6) is 0 Å². The molecule has 4 heteroatoms. The van der Waals surface area contributed by atoms with Crippen LogP contribution in [0.3, 0.4) is 0 Å². The Balaban J connectivity index is 5.44. The highest BCUT2D eigenvalue weighted by atomic mass is 16.5. The normalized spacial score (nSPS) is 16.8. The molecule has 0 saturated heterocycles. The summed E-state index contributed by atoms with van der Waals surface area (Å²) >= 11 is 0. The van der Waals surface area contributed by atoms with Gasteiger partial charge in [0.15, 0.2) is 5.41 Å². The van der Waals surface area contributed by atoms with Gasteiger partial charge in [0.05, 0.1) is 6.10 Å². The lowest BCUT2D eigenvalue weighted by Crippen LogP contribution is -2.51. The maximum atomic E-state index is 12.3. The van der Waals surface area contributed by atoms with Crippen LogP contribution in [-0.2, 0) is 14.3 Å². The number of ether oxygens (including phenoxy) is 1. The van der Waals surface area contributed by atoms with Gasteiger partial charge in [-0.25, -0.2) is 0 Å². The molecule has 0 rings (SSSR count). The van der Waals surface area contributed by atoms with E-state index in [4.69, 9.17) is 4.74 Å². The third-order valence-corrected chi connectivity index (χ3v) is 3.50. The van der Waals surface area contributed by atoms with Crippen molar-refractivity contribution in [1.29, 1.82) is 0 Å². The van der Waals surface area contributed by atoms with E-state index in [1.807, 2.05) is 13.8 Å². The molecule has 4 nitrogen and oxygen atoms in total. The van der Waals surface area contributed by atoms with Crippen molar-refractivity contribution in [3.05, 3.63) is 0 Å². The quantitative estimate of drug-likeness (QED) is 0.586. The van der Waals surface area contributed by atoms with Crippen LogP contribution in [0, 0.1) is 10.8 Å². The largest absolute Gasteiger partial charge is 0.480 e. The highest BCUT2D eigenvalue weighted by molar-refractivity contribution is 6.00. The van der Waals surface area contributed by atoms with Gasteiger partial charge in [-0.05, 0) is 25.2 Å². The SMILES string of the molecule is CCCC(C(=O)O)(C(=O)OC(C)CC)C(C)(C)C. The summed E-state index contributed by atoms with van der Waals surface area (Å²) in [5, 5.41) is 9.55. The predicted molar refractivity (Wildman–Crippen MR) is 70.3 cm³/mol. The van der Waals surface area contributed by atoms with E-state index in [-0.39, 0.29) is 6.10 Å². The first-order valence-electron chi connectivity index (χ1n) is 6.58. The predicted octanol–water partition coefficient (Wildman–Crippen LogP) is 3.25. The third-order valence-electron chi connectivity index (χ3n) is 3.50. The second-order valence-electron chi connectivity index (χ2n) is 5.83. The number of aliphatic carboxylic acids is 1. The van der Waals surface area contributed by atoms with Crippen molar-refractivity contribution in [1.82, 2.24) is 0 Å². The third kappa shape index (κ3) is 3.24. The first-order valence-corrected chi connectivity index (χ1v) is 6.58. The van der Waals surface area contributed by atoms with Crippen molar-refractivity contribution in [2.45, 2.75) is 66.9 Å². The highest BCUT2D eigenvalue weighted by Gasteiger charge is 2.55. The van der Waals surface area contributed by atoms with E-state index in [9.17, 15) is 14.7 Å². The molecule has 0 aromatic heterocycles. The fourth-order valence-electron chi connectivity index (χ4n) is 2.04. The molecule has 0 aromatic carbocycles. The van der Waals surface area contributed by atoms with E-state index in [0.29, 0.717) is 19.3 Å².